The molecule has 0 fully saturated rings. The van der Waals surface area contributed by atoms with Gasteiger partial charge in [-0.2, -0.15) is 0 Å². The second-order valence-electron chi connectivity index (χ2n) is 6.52. The smallest absolute Gasteiger partial charge is 0.282 e. The molecule has 4 rings (SSSR count). The van der Waals surface area contributed by atoms with E-state index in [4.69, 9.17) is 0 Å². The number of hydrogen-bond acceptors (Lipinski definition) is 3. The highest BCUT2D eigenvalue weighted by molar-refractivity contribution is 6.46. The number of amides is 2. The lowest BCUT2D eigenvalue weighted by Crippen LogP contribution is -2.34. The van der Waals surface area contributed by atoms with Crippen LogP contribution in [0, 0.1) is 11.6 Å². The van der Waals surface area contributed by atoms with Gasteiger partial charge in [-0.3, -0.25) is 9.59 Å². The zero-order valence-corrected chi connectivity index (χ0v) is 15.5. The van der Waals surface area contributed by atoms with Crippen molar-refractivity contribution in [2.45, 2.75) is 0 Å². The number of halogens is 2. The van der Waals surface area contributed by atoms with E-state index in [1.165, 1.54) is 42.5 Å². The minimum atomic E-state index is -0.684. The Labute approximate surface area is 166 Å². The Balaban J connectivity index is 1.90. The van der Waals surface area contributed by atoms with Gasteiger partial charge in [0, 0.05) is 12.7 Å². The Morgan fingerprint density at radius 3 is 2.03 bits per heavy atom. The molecule has 4 nitrogen and oxygen atoms in total. The zero-order valence-electron chi connectivity index (χ0n) is 15.5. The third kappa shape index (κ3) is 3.18. The molecule has 0 aliphatic carbocycles. The summed E-state index contributed by atoms with van der Waals surface area (Å²) in [5, 5.41) is 0. The van der Waals surface area contributed by atoms with Crippen molar-refractivity contribution in [3.05, 3.63) is 102 Å². The molecule has 0 aromatic heterocycles. The lowest BCUT2D eigenvalue weighted by Gasteiger charge is -2.21. The molecule has 6 heteroatoms. The molecule has 0 N–H and O–H groups in total. The van der Waals surface area contributed by atoms with Gasteiger partial charge in [0.1, 0.15) is 17.3 Å². The maximum Gasteiger partial charge on any atom is 0.282 e. The Hall–Kier alpha value is -3.80. The standard InChI is InChI=1S/C23H16F2N2O2/c1-26(17-7-3-2-4-8-17)21-20(15-11-13-16(24)14-12-15)22(28)27(23(21)29)19-10-6-5-9-18(19)25/h2-14H,1H3. The number of anilines is 2. The fraction of sp³-hybridized carbons (Fsp3) is 0.0435. The van der Waals surface area contributed by atoms with Gasteiger partial charge in [0.2, 0.25) is 0 Å². The molecule has 0 atom stereocenters. The van der Waals surface area contributed by atoms with E-state index >= 15 is 0 Å². The molecule has 0 saturated heterocycles. The predicted octanol–water partition coefficient (Wildman–Crippen LogP) is 4.39. The lowest BCUT2D eigenvalue weighted by molar-refractivity contribution is -0.120. The zero-order chi connectivity index (χ0) is 20.5. The highest BCUT2D eigenvalue weighted by Crippen LogP contribution is 2.36. The fourth-order valence-electron chi connectivity index (χ4n) is 3.34. The van der Waals surface area contributed by atoms with Crippen LogP contribution in [0.2, 0.25) is 0 Å². The monoisotopic (exact) mass is 390 g/mol. The van der Waals surface area contributed by atoms with Crippen LogP contribution in [0.25, 0.3) is 5.57 Å². The summed E-state index contributed by atoms with van der Waals surface area (Å²) in [6.45, 7) is 0. The number of carbonyl (C=O) groups is 2. The van der Waals surface area contributed by atoms with Crippen LogP contribution < -0.4 is 9.80 Å². The summed E-state index contributed by atoms with van der Waals surface area (Å²) in [6, 6.07) is 19.9. The third-order valence-electron chi connectivity index (χ3n) is 4.76. The molecule has 0 spiro atoms. The first kappa shape index (κ1) is 18.6. The van der Waals surface area contributed by atoms with E-state index < -0.39 is 23.4 Å². The van der Waals surface area contributed by atoms with Crippen LogP contribution in [0.5, 0.6) is 0 Å². The van der Waals surface area contributed by atoms with Crippen molar-refractivity contribution in [3.8, 4) is 0 Å². The summed E-state index contributed by atoms with van der Waals surface area (Å²) in [7, 11) is 1.66. The van der Waals surface area contributed by atoms with Gasteiger partial charge >= 0.3 is 0 Å². The normalized spacial score (nSPS) is 14.0. The first-order valence-electron chi connectivity index (χ1n) is 8.91. The number of hydrogen-bond donors (Lipinski definition) is 0. The Bertz CT molecular complexity index is 1130. The lowest BCUT2D eigenvalue weighted by atomic mass is 10.0. The molecule has 1 aliphatic rings. The molecule has 0 unspecified atom stereocenters. The molecular weight excluding hydrogens is 374 g/mol. The van der Waals surface area contributed by atoms with Crippen molar-refractivity contribution in [1.82, 2.24) is 0 Å². The van der Waals surface area contributed by atoms with Gasteiger partial charge in [0.05, 0.1) is 11.3 Å². The summed E-state index contributed by atoms with van der Waals surface area (Å²) in [5.74, 6) is -2.46. The molecule has 144 valence electrons. The molecule has 2 amide bonds. The number of benzene rings is 3. The van der Waals surface area contributed by atoms with Crippen LogP contribution in [0.1, 0.15) is 5.56 Å². The minimum absolute atomic E-state index is 0.0876. The van der Waals surface area contributed by atoms with Crippen molar-refractivity contribution in [3.63, 3.8) is 0 Å². The minimum Gasteiger partial charge on any atom is -0.339 e. The first-order valence-corrected chi connectivity index (χ1v) is 8.91. The van der Waals surface area contributed by atoms with Gasteiger partial charge in [-0.1, -0.05) is 42.5 Å². The van der Waals surface area contributed by atoms with Gasteiger partial charge < -0.3 is 4.90 Å². The van der Waals surface area contributed by atoms with Crippen molar-refractivity contribution >= 4 is 28.8 Å². The van der Waals surface area contributed by atoms with E-state index in [0.717, 1.165) is 4.90 Å². The van der Waals surface area contributed by atoms with E-state index in [-0.39, 0.29) is 17.0 Å². The van der Waals surface area contributed by atoms with Crippen molar-refractivity contribution < 1.29 is 18.4 Å². The van der Waals surface area contributed by atoms with Crippen LogP contribution in [-0.4, -0.2) is 18.9 Å². The molecular formula is C23H16F2N2O2. The van der Waals surface area contributed by atoms with Crippen molar-refractivity contribution in [2.75, 3.05) is 16.8 Å². The Morgan fingerprint density at radius 2 is 1.38 bits per heavy atom. The number of para-hydroxylation sites is 2. The second-order valence-corrected chi connectivity index (χ2v) is 6.52. The average molecular weight is 390 g/mol. The number of carbonyl (C=O) groups excluding carboxylic acids is 2. The van der Waals surface area contributed by atoms with E-state index in [1.807, 2.05) is 6.07 Å². The van der Waals surface area contributed by atoms with E-state index in [9.17, 15) is 18.4 Å². The van der Waals surface area contributed by atoms with Gasteiger partial charge in [-0.15, -0.1) is 0 Å². The van der Waals surface area contributed by atoms with E-state index in [0.29, 0.717) is 11.3 Å². The summed E-state index contributed by atoms with van der Waals surface area (Å²) in [4.78, 5) is 29.0. The fourth-order valence-corrected chi connectivity index (χ4v) is 3.34. The summed E-state index contributed by atoms with van der Waals surface area (Å²) in [5.41, 5.74) is 1.11. The SMILES string of the molecule is CN(C1=C(c2ccc(F)cc2)C(=O)N(c2ccccc2F)C1=O)c1ccccc1. The second kappa shape index (κ2) is 7.31. The summed E-state index contributed by atoms with van der Waals surface area (Å²) in [6.07, 6.45) is 0. The van der Waals surface area contributed by atoms with Gasteiger partial charge in [-0.05, 0) is 42.0 Å². The number of nitrogens with zero attached hydrogens (tertiary/aromatic N) is 2. The molecule has 29 heavy (non-hydrogen) atoms. The van der Waals surface area contributed by atoms with Gasteiger partial charge in [-0.25, -0.2) is 13.7 Å². The highest BCUT2D eigenvalue weighted by atomic mass is 19.1. The van der Waals surface area contributed by atoms with Crippen LogP contribution >= 0.6 is 0 Å². The van der Waals surface area contributed by atoms with E-state index in [2.05, 4.69) is 0 Å². The largest absolute Gasteiger partial charge is 0.339 e. The first-order chi connectivity index (χ1) is 14.0. The number of imide groups is 1. The van der Waals surface area contributed by atoms with Crippen LogP contribution in [0.3, 0.4) is 0 Å². The third-order valence-corrected chi connectivity index (χ3v) is 4.76. The van der Waals surface area contributed by atoms with Crippen LogP contribution in [-0.2, 0) is 9.59 Å². The van der Waals surface area contributed by atoms with E-state index in [1.54, 1.807) is 42.3 Å². The van der Waals surface area contributed by atoms with Gasteiger partial charge in [0.25, 0.3) is 11.8 Å². The molecule has 1 heterocycles. The van der Waals surface area contributed by atoms with Crippen molar-refractivity contribution in [2.24, 2.45) is 0 Å². The van der Waals surface area contributed by atoms with Crippen LogP contribution in [0.4, 0.5) is 20.2 Å². The number of likely N-dealkylation sites (N-methyl/N-ethyl adjacent to an activating group) is 1. The van der Waals surface area contributed by atoms with Crippen LogP contribution in [0.15, 0.2) is 84.6 Å². The molecule has 0 bridgehead atoms. The van der Waals surface area contributed by atoms with Crippen molar-refractivity contribution in [1.29, 1.82) is 0 Å². The average Bonchev–Trinajstić information content (AvgIpc) is 2.99. The molecule has 3 aromatic carbocycles. The molecule has 3 aromatic rings. The highest BCUT2D eigenvalue weighted by Gasteiger charge is 2.42. The summed E-state index contributed by atoms with van der Waals surface area (Å²) < 4.78 is 27.8. The summed E-state index contributed by atoms with van der Waals surface area (Å²) >= 11 is 0. The molecule has 0 saturated carbocycles. The van der Waals surface area contributed by atoms with Gasteiger partial charge in [0.15, 0.2) is 0 Å². The number of rotatable bonds is 4. The quantitative estimate of drug-likeness (QED) is 0.621. The maximum absolute atomic E-state index is 14.4. The predicted molar refractivity (Wildman–Crippen MR) is 107 cm³/mol. The Kier molecular flexibility index (Phi) is 4.68. The molecule has 0 radical (unpaired) electrons. The maximum atomic E-state index is 14.4. The molecule has 1 aliphatic heterocycles. The topological polar surface area (TPSA) is 40.6 Å². The Morgan fingerprint density at radius 1 is 0.759 bits per heavy atom.